The van der Waals surface area contributed by atoms with Crippen LogP contribution in [0.25, 0.3) is 0 Å². The maximum atomic E-state index is 11.9. The van der Waals surface area contributed by atoms with Gasteiger partial charge in [-0.15, -0.1) is 11.3 Å². The molecule has 0 spiro atoms. The van der Waals surface area contributed by atoms with Gasteiger partial charge in [-0.25, -0.2) is 14.6 Å². The molecule has 0 N–H and O–H groups in total. The van der Waals surface area contributed by atoms with Crippen molar-refractivity contribution < 1.29 is 19.1 Å². The first-order valence-corrected chi connectivity index (χ1v) is 7.11. The highest BCUT2D eigenvalue weighted by molar-refractivity contribution is 7.13. The molecule has 0 radical (unpaired) electrons. The van der Waals surface area contributed by atoms with Crippen molar-refractivity contribution >= 4 is 23.3 Å². The Kier molecular flexibility index (Phi) is 4.70. The largest absolute Gasteiger partial charge is 0.465 e. The summed E-state index contributed by atoms with van der Waals surface area (Å²) in [5.74, 6) is -0.774. The lowest BCUT2D eigenvalue weighted by molar-refractivity contribution is 0.0476. The quantitative estimate of drug-likeness (QED) is 0.813. The van der Waals surface area contributed by atoms with Gasteiger partial charge in [0.15, 0.2) is 0 Å². The smallest absolute Gasteiger partial charge is 0.350 e. The van der Waals surface area contributed by atoms with Gasteiger partial charge >= 0.3 is 11.9 Å². The van der Waals surface area contributed by atoms with Gasteiger partial charge in [-0.3, -0.25) is 0 Å². The molecule has 0 aliphatic rings. The predicted molar refractivity (Wildman–Crippen MR) is 78.5 cm³/mol. The van der Waals surface area contributed by atoms with Gasteiger partial charge in [-0.05, 0) is 31.5 Å². The summed E-state index contributed by atoms with van der Waals surface area (Å²) in [6, 6.07) is 6.73. The van der Waals surface area contributed by atoms with Crippen molar-refractivity contribution in [2.45, 2.75) is 20.5 Å². The topological polar surface area (TPSA) is 65.5 Å². The minimum atomic E-state index is -0.394. The Labute approximate surface area is 126 Å². The van der Waals surface area contributed by atoms with Gasteiger partial charge < -0.3 is 9.47 Å². The summed E-state index contributed by atoms with van der Waals surface area (Å²) in [4.78, 5) is 28.0. The molecule has 0 saturated heterocycles. The van der Waals surface area contributed by atoms with Crippen molar-refractivity contribution in [2.24, 2.45) is 0 Å². The van der Waals surface area contributed by atoms with Crippen LogP contribution in [0.5, 0.6) is 0 Å². The second-order valence-corrected chi connectivity index (χ2v) is 5.62. The molecule has 21 heavy (non-hydrogen) atoms. The molecule has 0 fully saturated rings. The van der Waals surface area contributed by atoms with Crippen molar-refractivity contribution in [1.82, 2.24) is 4.98 Å². The minimum Gasteiger partial charge on any atom is -0.465 e. The zero-order chi connectivity index (χ0) is 15.4. The van der Waals surface area contributed by atoms with Crippen molar-refractivity contribution in [2.75, 3.05) is 7.11 Å². The van der Waals surface area contributed by atoms with Crippen LogP contribution in [0.1, 0.15) is 36.3 Å². The maximum Gasteiger partial charge on any atom is 0.350 e. The van der Waals surface area contributed by atoms with E-state index in [1.165, 1.54) is 18.4 Å². The highest BCUT2D eigenvalue weighted by Gasteiger charge is 2.15. The zero-order valence-corrected chi connectivity index (χ0v) is 12.8. The molecule has 1 aromatic carbocycles. The van der Waals surface area contributed by atoms with Crippen molar-refractivity contribution in [3.63, 3.8) is 0 Å². The minimum absolute atomic E-state index is 0.149. The first-order valence-electron chi connectivity index (χ1n) is 6.29. The summed E-state index contributed by atoms with van der Waals surface area (Å²) in [6.45, 7) is 3.78. The van der Waals surface area contributed by atoms with Gasteiger partial charge in [-0.2, -0.15) is 0 Å². The number of carbonyl (C=O) groups is 2. The number of methoxy groups -OCH3 is 1. The normalized spacial score (nSPS) is 10.2. The number of hydrogen-bond acceptors (Lipinski definition) is 6. The predicted octanol–water partition coefficient (Wildman–Crippen LogP) is 2.90. The van der Waals surface area contributed by atoms with E-state index in [0.29, 0.717) is 16.1 Å². The van der Waals surface area contributed by atoms with Crippen LogP contribution in [0.15, 0.2) is 24.3 Å². The molecule has 0 unspecified atom stereocenters. The Bertz CT molecular complexity index is 661. The van der Waals surface area contributed by atoms with Crippen LogP contribution in [0, 0.1) is 13.8 Å². The van der Waals surface area contributed by atoms with E-state index in [-0.39, 0.29) is 12.6 Å². The summed E-state index contributed by atoms with van der Waals surface area (Å²) >= 11 is 1.32. The number of benzene rings is 1. The highest BCUT2D eigenvalue weighted by atomic mass is 32.1. The summed E-state index contributed by atoms with van der Waals surface area (Å²) < 4.78 is 9.87. The molecule has 2 aromatic rings. The van der Waals surface area contributed by atoms with Crippen LogP contribution < -0.4 is 0 Å². The van der Waals surface area contributed by atoms with Crippen molar-refractivity contribution in [3.8, 4) is 0 Å². The summed E-state index contributed by atoms with van der Waals surface area (Å²) in [5.41, 5.74) is 1.94. The van der Waals surface area contributed by atoms with E-state index in [0.717, 1.165) is 10.6 Å². The molecule has 5 nitrogen and oxygen atoms in total. The van der Waals surface area contributed by atoms with Crippen LogP contribution >= 0.6 is 11.3 Å². The molecule has 0 atom stereocenters. The number of aryl methyl sites for hydroxylation is 2. The Balaban J connectivity index is 1.98. The molecule has 0 saturated carbocycles. The average molecular weight is 305 g/mol. The van der Waals surface area contributed by atoms with E-state index in [9.17, 15) is 9.59 Å². The summed E-state index contributed by atoms with van der Waals surface area (Å²) in [5, 5.41) is 0.835. The Morgan fingerprint density at radius 3 is 2.33 bits per heavy atom. The molecule has 1 heterocycles. The van der Waals surface area contributed by atoms with Gasteiger partial charge in [0.05, 0.1) is 23.4 Å². The highest BCUT2D eigenvalue weighted by Crippen LogP contribution is 2.18. The van der Waals surface area contributed by atoms with Crippen LogP contribution in [0.3, 0.4) is 0 Å². The molecule has 110 valence electrons. The number of nitrogens with zero attached hydrogens (tertiary/aromatic N) is 1. The first-order chi connectivity index (χ1) is 10.0. The van der Waals surface area contributed by atoms with Crippen LogP contribution in [0.2, 0.25) is 0 Å². The monoisotopic (exact) mass is 305 g/mol. The second kappa shape index (κ2) is 6.49. The molecule has 6 heteroatoms. The Morgan fingerprint density at radius 1 is 1.14 bits per heavy atom. The molecule has 0 bridgehead atoms. The molecule has 1 aromatic heterocycles. The average Bonchev–Trinajstić information content (AvgIpc) is 2.83. The number of rotatable bonds is 4. The lowest BCUT2D eigenvalue weighted by Crippen LogP contribution is -2.05. The van der Waals surface area contributed by atoms with E-state index in [1.807, 2.05) is 6.92 Å². The molecule has 0 aliphatic heterocycles. The van der Waals surface area contributed by atoms with Gasteiger partial charge in [0.25, 0.3) is 0 Å². The van der Waals surface area contributed by atoms with Crippen LogP contribution in [0.4, 0.5) is 0 Å². The fourth-order valence-corrected chi connectivity index (χ4v) is 2.60. The van der Waals surface area contributed by atoms with Crippen molar-refractivity contribution in [3.05, 3.63) is 51.0 Å². The van der Waals surface area contributed by atoms with Crippen LogP contribution in [-0.2, 0) is 16.1 Å². The lowest BCUT2D eigenvalue weighted by Gasteiger charge is -2.05. The fraction of sp³-hybridized carbons (Fsp3) is 0.267. The van der Waals surface area contributed by atoms with E-state index in [4.69, 9.17) is 4.74 Å². The number of carbonyl (C=O) groups excluding carboxylic acids is 2. The molecular weight excluding hydrogens is 290 g/mol. The molecule has 2 rings (SSSR count). The van der Waals surface area contributed by atoms with E-state index in [1.54, 1.807) is 31.2 Å². The molecule has 0 amide bonds. The van der Waals surface area contributed by atoms with Gasteiger partial charge in [0.2, 0.25) is 0 Å². The third kappa shape index (κ3) is 3.66. The Hall–Kier alpha value is -2.21. The lowest BCUT2D eigenvalue weighted by atomic mass is 10.1. The summed E-state index contributed by atoms with van der Waals surface area (Å²) in [7, 11) is 1.33. The maximum absolute atomic E-state index is 11.9. The van der Waals surface area contributed by atoms with Crippen molar-refractivity contribution in [1.29, 1.82) is 0 Å². The SMILES string of the molecule is COC(=O)c1ccc(COC(=O)c2sc(C)nc2C)cc1. The number of hydrogen-bond donors (Lipinski definition) is 0. The van der Waals surface area contributed by atoms with Gasteiger partial charge in [0, 0.05) is 0 Å². The van der Waals surface area contributed by atoms with Gasteiger partial charge in [0.1, 0.15) is 11.5 Å². The summed E-state index contributed by atoms with van der Waals surface area (Å²) in [6.07, 6.45) is 0. The number of thiazole rings is 1. The zero-order valence-electron chi connectivity index (χ0n) is 12.0. The molecular formula is C15H15NO4S. The van der Waals surface area contributed by atoms with E-state index in [2.05, 4.69) is 9.72 Å². The standard InChI is InChI=1S/C15H15NO4S/c1-9-13(21-10(2)16-9)15(18)20-8-11-4-6-12(7-5-11)14(17)19-3/h4-7H,8H2,1-3H3. The molecule has 0 aliphatic carbocycles. The second-order valence-electron chi connectivity index (χ2n) is 4.41. The fourth-order valence-electron chi connectivity index (χ4n) is 1.79. The van der Waals surface area contributed by atoms with E-state index >= 15 is 0 Å². The third-order valence-electron chi connectivity index (χ3n) is 2.83. The number of aromatic nitrogens is 1. The van der Waals surface area contributed by atoms with Crippen LogP contribution in [-0.4, -0.2) is 24.0 Å². The number of esters is 2. The van der Waals surface area contributed by atoms with E-state index < -0.39 is 5.97 Å². The van der Waals surface area contributed by atoms with Gasteiger partial charge in [-0.1, -0.05) is 12.1 Å². The number of ether oxygens (including phenoxy) is 2. The third-order valence-corrected chi connectivity index (χ3v) is 3.89. The Morgan fingerprint density at radius 2 is 1.81 bits per heavy atom. The first kappa shape index (κ1) is 15.2.